The van der Waals surface area contributed by atoms with Gasteiger partial charge in [-0.05, 0) is 25.0 Å². The van der Waals surface area contributed by atoms with Gasteiger partial charge in [0.2, 0.25) is 5.91 Å². The third-order valence-corrected chi connectivity index (χ3v) is 4.26. The Morgan fingerprint density at radius 2 is 1.96 bits per heavy atom. The summed E-state index contributed by atoms with van der Waals surface area (Å²) in [5, 5.41) is 3.30. The minimum Gasteiger partial charge on any atom is -0.309 e. The summed E-state index contributed by atoms with van der Waals surface area (Å²) in [7, 11) is 0. The number of unbranched alkanes of at least 4 members (excludes halogenated alkanes) is 1. The molecule has 0 radical (unpaired) electrons. The first-order valence-corrected chi connectivity index (χ1v) is 9.23. The lowest BCUT2D eigenvalue weighted by Crippen LogP contribution is -2.20. The molecule has 0 spiro atoms. The third kappa shape index (κ3) is 4.36. The van der Waals surface area contributed by atoms with Gasteiger partial charge in [0, 0.05) is 18.5 Å². The number of rotatable bonds is 7. The van der Waals surface area contributed by atoms with Crippen LogP contribution in [-0.2, 0) is 11.3 Å². The quantitative estimate of drug-likeness (QED) is 0.693. The lowest BCUT2D eigenvalue weighted by Gasteiger charge is -2.07. The van der Waals surface area contributed by atoms with Crippen LogP contribution in [0.2, 0.25) is 0 Å². The maximum Gasteiger partial charge on any atom is 0.261 e. The molecule has 3 aromatic rings. The van der Waals surface area contributed by atoms with Gasteiger partial charge in [-0.15, -0.1) is 0 Å². The smallest absolute Gasteiger partial charge is 0.261 e. The summed E-state index contributed by atoms with van der Waals surface area (Å²) in [6.07, 6.45) is 7.86. The number of hydrogen-bond acceptors (Lipinski definition) is 5. The summed E-state index contributed by atoms with van der Waals surface area (Å²) < 4.78 is 1.62. The number of aryl methyl sites for hydroxylation is 1. The van der Waals surface area contributed by atoms with Crippen molar-refractivity contribution < 1.29 is 4.79 Å². The fraction of sp³-hybridized carbons (Fsp3) is 0.350. The average Bonchev–Trinajstić information content (AvgIpc) is 2.69. The van der Waals surface area contributed by atoms with Crippen molar-refractivity contribution in [3.8, 4) is 11.3 Å². The summed E-state index contributed by atoms with van der Waals surface area (Å²) in [5.74, 6) is 0.361. The van der Waals surface area contributed by atoms with Crippen LogP contribution < -0.4 is 10.9 Å². The number of carbonyl (C=O) groups excluding carboxylic acids is 1. The van der Waals surface area contributed by atoms with E-state index in [-0.39, 0.29) is 11.5 Å². The van der Waals surface area contributed by atoms with E-state index in [0.29, 0.717) is 35.4 Å². The van der Waals surface area contributed by atoms with Crippen molar-refractivity contribution in [2.75, 3.05) is 5.32 Å². The Labute approximate surface area is 157 Å². The topological polar surface area (TPSA) is 89.8 Å². The molecule has 0 saturated heterocycles. The number of nitrogens with zero attached hydrogens (tertiary/aromatic N) is 4. The van der Waals surface area contributed by atoms with Crippen molar-refractivity contribution in [2.24, 2.45) is 0 Å². The van der Waals surface area contributed by atoms with E-state index in [1.165, 1.54) is 6.20 Å². The summed E-state index contributed by atoms with van der Waals surface area (Å²) in [5.41, 5.74) is 2.01. The molecule has 0 aliphatic heterocycles. The van der Waals surface area contributed by atoms with E-state index in [4.69, 9.17) is 0 Å². The normalized spacial score (nSPS) is 10.9. The Bertz CT molecular complexity index is 995. The SMILES string of the molecule is CCCCC(=O)Nc1cnc(-c2ccc3ncn(CCC)c(=O)c3c2)cn1. The van der Waals surface area contributed by atoms with Crippen molar-refractivity contribution in [3.05, 3.63) is 47.3 Å². The lowest BCUT2D eigenvalue weighted by molar-refractivity contribution is -0.116. The first-order chi connectivity index (χ1) is 13.1. The zero-order valence-corrected chi connectivity index (χ0v) is 15.6. The van der Waals surface area contributed by atoms with Crippen LogP contribution in [0.4, 0.5) is 5.82 Å². The lowest BCUT2D eigenvalue weighted by atomic mass is 10.1. The molecular formula is C20H23N5O2. The zero-order valence-electron chi connectivity index (χ0n) is 15.6. The fourth-order valence-corrected chi connectivity index (χ4v) is 2.80. The molecule has 1 aromatic carbocycles. The van der Waals surface area contributed by atoms with Crippen LogP contribution in [0.25, 0.3) is 22.2 Å². The van der Waals surface area contributed by atoms with Gasteiger partial charge in [0.05, 0.1) is 35.3 Å². The standard InChI is InChI=1S/C20H23N5O2/c1-3-5-6-19(26)24-18-12-21-17(11-22-18)14-7-8-16-15(10-14)20(27)25(9-4-2)13-23-16/h7-8,10-13H,3-6,9H2,1-2H3,(H,22,24,26). The summed E-state index contributed by atoms with van der Waals surface area (Å²) in [6, 6.07) is 5.47. The van der Waals surface area contributed by atoms with Crippen LogP contribution in [0.3, 0.4) is 0 Å². The number of anilines is 1. The first-order valence-electron chi connectivity index (χ1n) is 9.23. The Kier molecular flexibility index (Phi) is 5.90. The van der Waals surface area contributed by atoms with E-state index in [1.54, 1.807) is 23.2 Å². The highest BCUT2D eigenvalue weighted by molar-refractivity contribution is 5.89. The molecule has 7 nitrogen and oxygen atoms in total. The molecule has 0 unspecified atom stereocenters. The molecule has 2 heterocycles. The maximum atomic E-state index is 12.6. The Morgan fingerprint density at radius 3 is 2.67 bits per heavy atom. The number of amides is 1. The van der Waals surface area contributed by atoms with Crippen LogP contribution in [-0.4, -0.2) is 25.4 Å². The Morgan fingerprint density at radius 1 is 1.11 bits per heavy atom. The molecule has 0 aliphatic rings. The van der Waals surface area contributed by atoms with Crippen LogP contribution in [0.5, 0.6) is 0 Å². The van der Waals surface area contributed by atoms with Gasteiger partial charge in [0.1, 0.15) is 0 Å². The molecule has 1 amide bonds. The summed E-state index contributed by atoms with van der Waals surface area (Å²) in [6.45, 7) is 4.70. The average molecular weight is 365 g/mol. The number of fused-ring (bicyclic) bond motifs is 1. The van der Waals surface area contributed by atoms with Crippen molar-refractivity contribution in [3.63, 3.8) is 0 Å². The van der Waals surface area contributed by atoms with Crippen LogP contribution >= 0.6 is 0 Å². The molecule has 140 valence electrons. The number of nitrogens with one attached hydrogen (secondary N) is 1. The van der Waals surface area contributed by atoms with Gasteiger partial charge in [0.25, 0.3) is 5.56 Å². The van der Waals surface area contributed by atoms with Gasteiger partial charge in [-0.25, -0.2) is 9.97 Å². The van der Waals surface area contributed by atoms with Gasteiger partial charge < -0.3 is 5.32 Å². The van der Waals surface area contributed by atoms with E-state index >= 15 is 0 Å². The van der Waals surface area contributed by atoms with Crippen LogP contribution in [0.1, 0.15) is 39.5 Å². The molecule has 27 heavy (non-hydrogen) atoms. The van der Waals surface area contributed by atoms with E-state index in [0.717, 1.165) is 24.8 Å². The second kappa shape index (κ2) is 8.53. The van der Waals surface area contributed by atoms with Gasteiger partial charge in [-0.3, -0.25) is 19.1 Å². The highest BCUT2D eigenvalue weighted by atomic mass is 16.1. The molecule has 0 fully saturated rings. The highest BCUT2D eigenvalue weighted by Crippen LogP contribution is 2.20. The van der Waals surface area contributed by atoms with Crippen molar-refractivity contribution in [1.82, 2.24) is 19.5 Å². The molecule has 3 rings (SSSR count). The number of benzene rings is 1. The predicted octanol–water partition coefficient (Wildman–Crippen LogP) is 3.39. The summed E-state index contributed by atoms with van der Waals surface area (Å²) >= 11 is 0. The molecule has 0 aliphatic carbocycles. The number of carbonyl (C=O) groups is 1. The van der Waals surface area contributed by atoms with Crippen LogP contribution in [0, 0.1) is 0 Å². The zero-order chi connectivity index (χ0) is 19.2. The van der Waals surface area contributed by atoms with E-state index < -0.39 is 0 Å². The molecule has 1 N–H and O–H groups in total. The van der Waals surface area contributed by atoms with E-state index in [2.05, 4.69) is 20.3 Å². The van der Waals surface area contributed by atoms with Crippen LogP contribution in [0.15, 0.2) is 41.7 Å². The second-order valence-corrected chi connectivity index (χ2v) is 6.41. The molecular weight excluding hydrogens is 342 g/mol. The van der Waals surface area contributed by atoms with Gasteiger partial charge in [-0.2, -0.15) is 0 Å². The van der Waals surface area contributed by atoms with Gasteiger partial charge in [0.15, 0.2) is 5.82 Å². The molecule has 0 bridgehead atoms. The van der Waals surface area contributed by atoms with Crippen molar-refractivity contribution >= 4 is 22.6 Å². The summed E-state index contributed by atoms with van der Waals surface area (Å²) in [4.78, 5) is 37.4. The monoisotopic (exact) mass is 365 g/mol. The largest absolute Gasteiger partial charge is 0.309 e. The molecule has 0 atom stereocenters. The van der Waals surface area contributed by atoms with Gasteiger partial charge in [-0.1, -0.05) is 26.3 Å². The van der Waals surface area contributed by atoms with E-state index in [1.807, 2.05) is 26.0 Å². The minimum absolute atomic E-state index is 0.0588. The Balaban J connectivity index is 1.85. The third-order valence-electron chi connectivity index (χ3n) is 4.26. The second-order valence-electron chi connectivity index (χ2n) is 6.41. The highest BCUT2D eigenvalue weighted by Gasteiger charge is 2.08. The number of hydrogen-bond donors (Lipinski definition) is 1. The predicted molar refractivity (Wildman–Crippen MR) is 105 cm³/mol. The molecule has 0 saturated carbocycles. The minimum atomic E-state index is -0.0628. The van der Waals surface area contributed by atoms with Crippen molar-refractivity contribution in [2.45, 2.75) is 46.1 Å². The van der Waals surface area contributed by atoms with E-state index in [9.17, 15) is 9.59 Å². The maximum absolute atomic E-state index is 12.6. The number of aromatic nitrogens is 4. The Hall–Kier alpha value is -3.09. The molecule has 7 heteroatoms. The first kappa shape index (κ1) is 18.7. The van der Waals surface area contributed by atoms with Gasteiger partial charge >= 0.3 is 0 Å². The van der Waals surface area contributed by atoms with Crippen molar-refractivity contribution in [1.29, 1.82) is 0 Å². The fourth-order valence-electron chi connectivity index (χ4n) is 2.80. The molecule has 2 aromatic heterocycles.